The Bertz CT molecular complexity index is 778. The fourth-order valence-corrected chi connectivity index (χ4v) is 3.20. The molecule has 0 unspecified atom stereocenters. The number of thiazole rings is 1. The molecule has 0 bridgehead atoms. The monoisotopic (exact) mass is 308 g/mol. The summed E-state index contributed by atoms with van der Waals surface area (Å²) in [5.74, 6) is 0. The predicted molar refractivity (Wildman–Crippen MR) is 77.8 cm³/mol. The zero-order valence-electron chi connectivity index (χ0n) is 10.4. The lowest BCUT2D eigenvalue weighted by atomic mass is 10.3. The summed E-state index contributed by atoms with van der Waals surface area (Å²) >= 11 is 7.48. The quantitative estimate of drug-likeness (QED) is 0.547. The minimum absolute atomic E-state index is 0.00842. The molecule has 0 saturated heterocycles. The van der Waals surface area contributed by atoms with Crippen LogP contribution < -0.4 is 0 Å². The van der Waals surface area contributed by atoms with Gasteiger partial charge in [0.25, 0.3) is 0 Å². The van der Waals surface area contributed by atoms with Gasteiger partial charge in [-0.2, -0.15) is 9.78 Å². The Labute approximate surface area is 122 Å². The van der Waals surface area contributed by atoms with Crippen LogP contribution in [-0.2, 0) is 6.42 Å². The molecule has 0 aliphatic heterocycles. The number of aromatic nitrogens is 3. The van der Waals surface area contributed by atoms with Crippen LogP contribution in [0.1, 0.15) is 12.6 Å². The Morgan fingerprint density at radius 3 is 2.80 bits per heavy atom. The highest BCUT2D eigenvalue weighted by Gasteiger charge is 2.27. The topological polar surface area (TPSA) is 73.8 Å². The Morgan fingerprint density at radius 2 is 2.20 bits per heavy atom. The average molecular weight is 309 g/mol. The number of fused-ring (bicyclic) bond motifs is 1. The third kappa shape index (κ3) is 1.95. The first-order chi connectivity index (χ1) is 9.61. The lowest BCUT2D eigenvalue weighted by Gasteiger charge is -1.94. The molecule has 0 atom stereocenters. The Hall–Kier alpha value is -1.99. The molecule has 2 aromatic heterocycles. The van der Waals surface area contributed by atoms with Crippen molar-refractivity contribution >= 4 is 38.8 Å². The van der Waals surface area contributed by atoms with Crippen molar-refractivity contribution < 1.29 is 4.92 Å². The van der Waals surface area contributed by atoms with E-state index in [4.69, 9.17) is 11.6 Å². The molecule has 2 heterocycles. The SMILES string of the molecule is CCc1nn(-c2nc3ccccc3s2)c(Cl)c1[N+](=O)[O-]. The Kier molecular flexibility index (Phi) is 3.15. The van der Waals surface area contributed by atoms with Crippen molar-refractivity contribution in [1.82, 2.24) is 14.8 Å². The maximum absolute atomic E-state index is 11.1. The van der Waals surface area contributed by atoms with E-state index in [1.165, 1.54) is 16.0 Å². The minimum Gasteiger partial charge on any atom is -0.258 e. The highest BCUT2D eigenvalue weighted by Crippen LogP contribution is 2.33. The van der Waals surface area contributed by atoms with Crippen LogP contribution in [0.25, 0.3) is 15.3 Å². The molecule has 0 aliphatic carbocycles. The van der Waals surface area contributed by atoms with Crippen LogP contribution in [0.5, 0.6) is 0 Å². The van der Waals surface area contributed by atoms with E-state index in [9.17, 15) is 10.1 Å². The summed E-state index contributed by atoms with van der Waals surface area (Å²) in [6, 6.07) is 7.61. The number of halogens is 1. The molecule has 20 heavy (non-hydrogen) atoms. The molecule has 8 heteroatoms. The predicted octanol–water partition coefficient (Wildman–Crippen LogP) is 3.61. The normalized spacial score (nSPS) is 11.1. The van der Waals surface area contributed by atoms with Crippen molar-refractivity contribution in [2.24, 2.45) is 0 Å². The largest absolute Gasteiger partial charge is 0.329 e. The van der Waals surface area contributed by atoms with Crippen molar-refractivity contribution in [3.05, 3.63) is 45.2 Å². The smallest absolute Gasteiger partial charge is 0.258 e. The van der Waals surface area contributed by atoms with Gasteiger partial charge in [-0.3, -0.25) is 10.1 Å². The number of nitro groups is 1. The number of para-hydroxylation sites is 1. The summed E-state index contributed by atoms with van der Waals surface area (Å²) in [6.45, 7) is 1.80. The second kappa shape index (κ2) is 4.84. The van der Waals surface area contributed by atoms with E-state index in [1.807, 2.05) is 24.3 Å². The van der Waals surface area contributed by atoms with E-state index in [0.717, 1.165) is 10.2 Å². The molecule has 3 aromatic rings. The van der Waals surface area contributed by atoms with E-state index in [-0.39, 0.29) is 10.8 Å². The summed E-state index contributed by atoms with van der Waals surface area (Å²) in [5.41, 5.74) is 1.03. The molecule has 0 amide bonds. The molecule has 3 rings (SSSR count). The van der Waals surface area contributed by atoms with E-state index in [1.54, 1.807) is 6.92 Å². The first-order valence-electron chi connectivity index (χ1n) is 5.89. The van der Waals surface area contributed by atoms with Gasteiger partial charge in [0.15, 0.2) is 0 Å². The van der Waals surface area contributed by atoms with Crippen molar-refractivity contribution in [3.8, 4) is 5.13 Å². The summed E-state index contributed by atoms with van der Waals surface area (Å²) in [7, 11) is 0. The fourth-order valence-electron chi connectivity index (χ4n) is 1.93. The van der Waals surface area contributed by atoms with Gasteiger partial charge in [-0.25, -0.2) is 4.98 Å². The lowest BCUT2D eigenvalue weighted by Crippen LogP contribution is -1.96. The second-order valence-corrected chi connectivity index (χ2v) is 5.44. The molecule has 0 saturated carbocycles. The van der Waals surface area contributed by atoms with Crippen LogP contribution in [0.4, 0.5) is 5.69 Å². The fraction of sp³-hybridized carbons (Fsp3) is 0.167. The highest BCUT2D eigenvalue weighted by atomic mass is 35.5. The summed E-state index contributed by atoms with van der Waals surface area (Å²) < 4.78 is 2.32. The summed E-state index contributed by atoms with van der Waals surface area (Å²) in [5, 5.41) is 15.8. The molecular weight excluding hydrogens is 300 g/mol. The maximum atomic E-state index is 11.1. The van der Waals surface area contributed by atoms with Gasteiger partial charge in [0.2, 0.25) is 10.3 Å². The van der Waals surface area contributed by atoms with Gasteiger partial charge in [0.05, 0.1) is 15.1 Å². The third-order valence-corrected chi connectivity index (χ3v) is 4.21. The first kappa shape index (κ1) is 13.0. The number of nitrogens with zero attached hydrogens (tertiary/aromatic N) is 4. The van der Waals surface area contributed by atoms with Gasteiger partial charge < -0.3 is 0 Å². The van der Waals surface area contributed by atoms with Crippen LogP contribution in [0.2, 0.25) is 5.15 Å². The van der Waals surface area contributed by atoms with Crippen molar-refractivity contribution in [2.45, 2.75) is 13.3 Å². The number of benzene rings is 1. The van der Waals surface area contributed by atoms with E-state index in [2.05, 4.69) is 10.1 Å². The second-order valence-electron chi connectivity index (χ2n) is 4.07. The van der Waals surface area contributed by atoms with Gasteiger partial charge >= 0.3 is 5.69 Å². The molecule has 0 fully saturated rings. The molecule has 6 nitrogen and oxygen atoms in total. The van der Waals surface area contributed by atoms with Crippen molar-refractivity contribution in [2.75, 3.05) is 0 Å². The van der Waals surface area contributed by atoms with Crippen molar-refractivity contribution in [1.29, 1.82) is 0 Å². The molecule has 1 aromatic carbocycles. The molecule has 0 aliphatic rings. The Balaban J connectivity index is 2.21. The maximum Gasteiger partial charge on any atom is 0.329 e. The zero-order valence-corrected chi connectivity index (χ0v) is 12.0. The number of hydrogen-bond donors (Lipinski definition) is 0. The van der Waals surface area contributed by atoms with Crippen LogP contribution in [-0.4, -0.2) is 19.7 Å². The average Bonchev–Trinajstić information content (AvgIpc) is 2.98. The van der Waals surface area contributed by atoms with Gasteiger partial charge in [-0.15, -0.1) is 0 Å². The molecule has 102 valence electrons. The summed E-state index contributed by atoms with van der Waals surface area (Å²) in [6.07, 6.45) is 0.438. The van der Waals surface area contributed by atoms with E-state index >= 15 is 0 Å². The molecule has 0 radical (unpaired) electrons. The number of hydrogen-bond acceptors (Lipinski definition) is 5. The van der Waals surface area contributed by atoms with Crippen LogP contribution in [0, 0.1) is 10.1 Å². The van der Waals surface area contributed by atoms with E-state index in [0.29, 0.717) is 17.2 Å². The van der Waals surface area contributed by atoms with Crippen molar-refractivity contribution in [3.63, 3.8) is 0 Å². The lowest BCUT2D eigenvalue weighted by molar-refractivity contribution is -0.385. The summed E-state index contributed by atoms with van der Waals surface area (Å²) in [4.78, 5) is 15.0. The molecular formula is C12H9ClN4O2S. The van der Waals surface area contributed by atoms with Gasteiger partial charge in [0.1, 0.15) is 5.69 Å². The van der Waals surface area contributed by atoms with Crippen LogP contribution >= 0.6 is 22.9 Å². The number of rotatable bonds is 3. The van der Waals surface area contributed by atoms with Crippen LogP contribution in [0.15, 0.2) is 24.3 Å². The zero-order chi connectivity index (χ0) is 14.3. The third-order valence-electron chi connectivity index (χ3n) is 2.86. The van der Waals surface area contributed by atoms with Crippen LogP contribution in [0.3, 0.4) is 0 Å². The molecule has 0 N–H and O–H groups in total. The first-order valence-corrected chi connectivity index (χ1v) is 7.09. The highest BCUT2D eigenvalue weighted by molar-refractivity contribution is 7.20. The van der Waals surface area contributed by atoms with Gasteiger partial charge in [-0.1, -0.05) is 42.0 Å². The van der Waals surface area contributed by atoms with Gasteiger partial charge in [-0.05, 0) is 18.6 Å². The van der Waals surface area contributed by atoms with Gasteiger partial charge in [0, 0.05) is 0 Å². The molecule has 0 spiro atoms. The number of aryl methyl sites for hydroxylation is 1. The Morgan fingerprint density at radius 1 is 1.45 bits per heavy atom. The van der Waals surface area contributed by atoms with E-state index < -0.39 is 4.92 Å². The standard InChI is InChI=1S/C12H9ClN4O2S/c1-2-7-10(17(18)19)11(13)16(15-7)12-14-8-5-3-4-6-9(8)20-12/h3-6H,2H2,1H3. The minimum atomic E-state index is -0.502.